The summed E-state index contributed by atoms with van der Waals surface area (Å²) in [6, 6.07) is 8.85. The molecule has 4 nitrogen and oxygen atoms in total. The van der Waals surface area contributed by atoms with Gasteiger partial charge in [-0.05, 0) is 57.2 Å². The average Bonchev–Trinajstić information content (AvgIpc) is 3.36. The van der Waals surface area contributed by atoms with E-state index in [1.165, 1.54) is 38.6 Å². The van der Waals surface area contributed by atoms with Crippen molar-refractivity contribution in [3.63, 3.8) is 0 Å². The highest BCUT2D eigenvalue weighted by molar-refractivity contribution is 5.97. The van der Waals surface area contributed by atoms with Crippen LogP contribution in [0.15, 0.2) is 24.3 Å². The average molecular weight is 328 g/mol. The molecule has 2 aliphatic carbocycles. The first-order valence-corrected chi connectivity index (χ1v) is 9.56. The fourth-order valence-corrected chi connectivity index (χ4v) is 3.80. The molecule has 1 aromatic carbocycles. The standard InChI is InChI=1S/C20H28N2O2/c23-20(21-16-10-11-16)18-8-1-2-9-19(18)24-14-15-5-4-12-22(13-15)17-6-3-7-17/h1-2,8-9,15-17H,3-7,10-14H2,(H,21,23). The molecule has 0 spiro atoms. The molecule has 4 heteroatoms. The predicted molar refractivity (Wildman–Crippen MR) is 94.4 cm³/mol. The van der Waals surface area contributed by atoms with Gasteiger partial charge < -0.3 is 10.1 Å². The number of para-hydroxylation sites is 1. The Labute approximate surface area is 144 Å². The van der Waals surface area contributed by atoms with Crippen LogP contribution in [0, 0.1) is 5.92 Å². The van der Waals surface area contributed by atoms with Crippen molar-refractivity contribution in [2.45, 2.75) is 57.0 Å². The summed E-state index contributed by atoms with van der Waals surface area (Å²) < 4.78 is 6.09. The minimum Gasteiger partial charge on any atom is -0.492 e. The highest BCUT2D eigenvalue weighted by Gasteiger charge is 2.30. The molecule has 0 bridgehead atoms. The van der Waals surface area contributed by atoms with Gasteiger partial charge in [0.25, 0.3) is 5.91 Å². The van der Waals surface area contributed by atoms with Crippen molar-refractivity contribution in [3.8, 4) is 5.75 Å². The van der Waals surface area contributed by atoms with Gasteiger partial charge in [-0.1, -0.05) is 18.6 Å². The monoisotopic (exact) mass is 328 g/mol. The molecular weight excluding hydrogens is 300 g/mol. The number of amides is 1. The van der Waals surface area contributed by atoms with Crippen LogP contribution in [0.4, 0.5) is 0 Å². The van der Waals surface area contributed by atoms with Gasteiger partial charge in [0.05, 0.1) is 12.2 Å². The Morgan fingerprint density at radius 2 is 1.96 bits per heavy atom. The lowest BCUT2D eigenvalue weighted by Gasteiger charge is -2.42. The zero-order valence-corrected chi connectivity index (χ0v) is 14.4. The number of hydrogen-bond acceptors (Lipinski definition) is 3. The molecule has 1 N–H and O–H groups in total. The van der Waals surface area contributed by atoms with Crippen LogP contribution in [0.1, 0.15) is 55.3 Å². The number of nitrogens with zero attached hydrogens (tertiary/aromatic N) is 1. The summed E-state index contributed by atoms with van der Waals surface area (Å²) >= 11 is 0. The normalized spacial score (nSPS) is 25.1. The van der Waals surface area contributed by atoms with E-state index in [-0.39, 0.29) is 5.91 Å². The first kappa shape index (κ1) is 15.9. The van der Waals surface area contributed by atoms with Crippen molar-refractivity contribution in [3.05, 3.63) is 29.8 Å². The molecule has 24 heavy (non-hydrogen) atoms. The summed E-state index contributed by atoms with van der Waals surface area (Å²) in [5.41, 5.74) is 0.677. The molecule has 1 saturated heterocycles. The van der Waals surface area contributed by atoms with Crippen LogP contribution < -0.4 is 10.1 Å². The Morgan fingerprint density at radius 3 is 2.71 bits per heavy atom. The minimum absolute atomic E-state index is 0.00726. The third-order valence-electron chi connectivity index (χ3n) is 5.66. The van der Waals surface area contributed by atoms with Gasteiger partial charge in [0, 0.05) is 24.5 Å². The van der Waals surface area contributed by atoms with E-state index < -0.39 is 0 Å². The quantitative estimate of drug-likeness (QED) is 0.872. The van der Waals surface area contributed by atoms with Gasteiger partial charge in [0.1, 0.15) is 5.75 Å². The third-order valence-corrected chi connectivity index (χ3v) is 5.66. The van der Waals surface area contributed by atoms with Crippen molar-refractivity contribution >= 4 is 5.91 Å². The molecule has 0 radical (unpaired) electrons. The van der Waals surface area contributed by atoms with Gasteiger partial charge in [-0.15, -0.1) is 0 Å². The maximum Gasteiger partial charge on any atom is 0.255 e. The van der Waals surface area contributed by atoms with Crippen LogP contribution in [0.2, 0.25) is 0 Å². The maximum atomic E-state index is 12.4. The number of hydrogen-bond donors (Lipinski definition) is 1. The smallest absolute Gasteiger partial charge is 0.255 e. The molecule has 1 amide bonds. The predicted octanol–water partition coefficient (Wildman–Crippen LogP) is 3.22. The first-order valence-electron chi connectivity index (χ1n) is 9.56. The first-order chi connectivity index (χ1) is 11.8. The lowest BCUT2D eigenvalue weighted by atomic mass is 9.88. The molecule has 1 aliphatic heterocycles. The number of rotatable bonds is 6. The lowest BCUT2D eigenvalue weighted by molar-refractivity contribution is 0.0599. The molecule has 1 unspecified atom stereocenters. The Bertz CT molecular complexity index is 581. The molecule has 2 saturated carbocycles. The van der Waals surface area contributed by atoms with E-state index in [0.29, 0.717) is 17.5 Å². The number of nitrogens with one attached hydrogen (secondary N) is 1. The van der Waals surface area contributed by atoms with Crippen LogP contribution in [0.5, 0.6) is 5.75 Å². The summed E-state index contributed by atoms with van der Waals surface area (Å²) in [5, 5.41) is 3.06. The maximum absolute atomic E-state index is 12.4. The van der Waals surface area contributed by atoms with Crippen molar-refractivity contribution in [2.75, 3.05) is 19.7 Å². The molecule has 4 rings (SSSR count). The Balaban J connectivity index is 1.34. The molecule has 0 aromatic heterocycles. The number of likely N-dealkylation sites (tertiary alicyclic amines) is 1. The van der Waals surface area contributed by atoms with Gasteiger partial charge in [-0.2, -0.15) is 0 Å². The SMILES string of the molecule is O=C(NC1CC1)c1ccccc1OCC1CCCN(C2CCC2)C1. The second kappa shape index (κ2) is 7.14. The van der Waals surface area contributed by atoms with E-state index in [2.05, 4.69) is 10.2 Å². The van der Waals surface area contributed by atoms with Gasteiger partial charge in [0.2, 0.25) is 0 Å². The second-order valence-electron chi connectivity index (χ2n) is 7.64. The van der Waals surface area contributed by atoms with Gasteiger partial charge in [-0.3, -0.25) is 9.69 Å². The molecule has 1 heterocycles. The van der Waals surface area contributed by atoms with Gasteiger partial charge >= 0.3 is 0 Å². The molecule has 3 aliphatic rings. The van der Waals surface area contributed by atoms with Crippen LogP contribution in [0.3, 0.4) is 0 Å². The summed E-state index contributed by atoms with van der Waals surface area (Å²) in [5.74, 6) is 1.32. The number of ether oxygens (including phenoxy) is 1. The zero-order valence-electron chi connectivity index (χ0n) is 14.4. The largest absolute Gasteiger partial charge is 0.492 e. The van der Waals surface area contributed by atoms with E-state index in [1.807, 2.05) is 24.3 Å². The summed E-state index contributed by atoms with van der Waals surface area (Å²) in [7, 11) is 0. The molecule has 130 valence electrons. The van der Waals surface area contributed by atoms with Crippen molar-refractivity contribution in [2.24, 2.45) is 5.92 Å². The highest BCUT2D eigenvalue weighted by Crippen LogP contribution is 2.30. The van der Waals surface area contributed by atoms with Crippen molar-refractivity contribution in [1.82, 2.24) is 10.2 Å². The summed E-state index contributed by atoms with van der Waals surface area (Å²) in [6.07, 6.45) is 8.86. The number of piperidine rings is 1. The molecule has 3 fully saturated rings. The van der Waals surface area contributed by atoms with E-state index in [4.69, 9.17) is 4.74 Å². The molecule has 1 aromatic rings. The second-order valence-corrected chi connectivity index (χ2v) is 7.64. The topological polar surface area (TPSA) is 41.6 Å². The number of carbonyl (C=O) groups is 1. The molecular formula is C20H28N2O2. The Hall–Kier alpha value is -1.55. The molecule has 1 atom stereocenters. The zero-order chi connectivity index (χ0) is 16.4. The van der Waals surface area contributed by atoms with E-state index in [0.717, 1.165) is 37.8 Å². The van der Waals surface area contributed by atoms with E-state index in [1.54, 1.807) is 0 Å². The Morgan fingerprint density at radius 1 is 1.12 bits per heavy atom. The van der Waals surface area contributed by atoms with Gasteiger partial charge in [-0.25, -0.2) is 0 Å². The van der Waals surface area contributed by atoms with E-state index in [9.17, 15) is 4.79 Å². The van der Waals surface area contributed by atoms with Crippen LogP contribution >= 0.6 is 0 Å². The van der Waals surface area contributed by atoms with E-state index >= 15 is 0 Å². The number of carbonyl (C=O) groups excluding carboxylic acids is 1. The summed E-state index contributed by atoms with van der Waals surface area (Å²) in [6.45, 7) is 3.12. The van der Waals surface area contributed by atoms with Crippen LogP contribution in [0.25, 0.3) is 0 Å². The number of benzene rings is 1. The fraction of sp³-hybridized carbons (Fsp3) is 0.650. The fourth-order valence-electron chi connectivity index (χ4n) is 3.80. The van der Waals surface area contributed by atoms with Crippen molar-refractivity contribution < 1.29 is 9.53 Å². The van der Waals surface area contributed by atoms with Gasteiger partial charge in [0.15, 0.2) is 0 Å². The summed E-state index contributed by atoms with van der Waals surface area (Å²) in [4.78, 5) is 15.0. The minimum atomic E-state index is 0.00726. The third kappa shape index (κ3) is 3.75. The van der Waals surface area contributed by atoms with Crippen LogP contribution in [-0.2, 0) is 0 Å². The highest BCUT2D eigenvalue weighted by atomic mass is 16.5. The van der Waals surface area contributed by atoms with Crippen molar-refractivity contribution in [1.29, 1.82) is 0 Å². The Kier molecular flexibility index (Phi) is 4.74. The lowest BCUT2D eigenvalue weighted by Crippen LogP contribution is -2.46. The van der Waals surface area contributed by atoms with Crippen LogP contribution in [-0.4, -0.2) is 42.6 Å².